The Hall–Kier alpha value is -3.54. The molecule has 6 nitrogen and oxygen atoms in total. The lowest BCUT2D eigenvalue weighted by molar-refractivity contribution is 0.0788. The van der Waals surface area contributed by atoms with Crippen molar-refractivity contribution in [1.29, 1.82) is 0 Å². The van der Waals surface area contributed by atoms with Crippen LogP contribution in [0.15, 0.2) is 60.8 Å². The van der Waals surface area contributed by atoms with Crippen LogP contribution in [0.5, 0.6) is 0 Å². The van der Waals surface area contributed by atoms with Crippen LogP contribution in [0.3, 0.4) is 0 Å². The molecule has 0 spiro atoms. The third kappa shape index (κ3) is 4.22. The lowest BCUT2D eigenvalue weighted by Gasteiger charge is -2.16. The maximum absolute atomic E-state index is 12.7. The van der Waals surface area contributed by atoms with Gasteiger partial charge >= 0.3 is 0 Å². The number of amides is 2. The molecule has 0 aliphatic carbocycles. The summed E-state index contributed by atoms with van der Waals surface area (Å²) in [6.07, 6.45) is 2.70. The molecule has 1 aliphatic rings. The Bertz CT molecular complexity index is 1060. The number of aryl methyl sites for hydroxylation is 1. The molecular weight excluding hydrogens is 376 g/mol. The van der Waals surface area contributed by atoms with E-state index in [2.05, 4.69) is 22.2 Å². The van der Waals surface area contributed by atoms with E-state index in [9.17, 15) is 9.59 Å². The second-order valence-corrected chi connectivity index (χ2v) is 7.73. The highest BCUT2D eigenvalue weighted by atomic mass is 16.2. The number of aromatic nitrogens is 2. The van der Waals surface area contributed by atoms with E-state index in [0.717, 1.165) is 25.1 Å². The predicted molar refractivity (Wildman–Crippen MR) is 116 cm³/mol. The molecule has 1 fully saturated rings. The Morgan fingerprint density at radius 3 is 2.47 bits per heavy atom. The maximum atomic E-state index is 12.7. The van der Waals surface area contributed by atoms with Gasteiger partial charge in [0.1, 0.15) is 5.69 Å². The molecule has 152 valence electrons. The number of hydrogen-bond acceptors (Lipinski definition) is 4. The second kappa shape index (κ2) is 8.45. The van der Waals surface area contributed by atoms with Crippen LogP contribution in [0.4, 0.5) is 5.69 Å². The van der Waals surface area contributed by atoms with Gasteiger partial charge in [0, 0.05) is 29.9 Å². The smallest absolute Gasteiger partial charge is 0.276 e. The number of carbonyl (C=O) groups excluding carboxylic acids is 2. The highest BCUT2D eigenvalue weighted by Gasteiger charge is 2.24. The van der Waals surface area contributed by atoms with Crippen molar-refractivity contribution in [2.45, 2.75) is 20.3 Å². The molecule has 1 saturated heterocycles. The minimum Gasteiger partial charge on any atom is -0.338 e. The minimum atomic E-state index is -0.303. The van der Waals surface area contributed by atoms with Crippen molar-refractivity contribution < 1.29 is 9.59 Å². The van der Waals surface area contributed by atoms with E-state index in [-0.39, 0.29) is 17.5 Å². The summed E-state index contributed by atoms with van der Waals surface area (Å²) >= 11 is 0. The van der Waals surface area contributed by atoms with Gasteiger partial charge in [-0.2, -0.15) is 0 Å². The Morgan fingerprint density at radius 1 is 1.07 bits per heavy atom. The van der Waals surface area contributed by atoms with Crippen molar-refractivity contribution in [3.63, 3.8) is 0 Å². The molecule has 2 heterocycles. The Balaban J connectivity index is 1.53. The van der Waals surface area contributed by atoms with Gasteiger partial charge in [0.2, 0.25) is 0 Å². The van der Waals surface area contributed by atoms with E-state index in [1.54, 1.807) is 13.1 Å². The average molecular weight is 400 g/mol. The van der Waals surface area contributed by atoms with Crippen LogP contribution < -0.4 is 5.32 Å². The van der Waals surface area contributed by atoms with E-state index >= 15 is 0 Å². The van der Waals surface area contributed by atoms with Crippen molar-refractivity contribution >= 4 is 17.5 Å². The Labute approximate surface area is 176 Å². The van der Waals surface area contributed by atoms with Crippen LogP contribution in [0.1, 0.15) is 39.9 Å². The van der Waals surface area contributed by atoms with Crippen LogP contribution in [0.2, 0.25) is 0 Å². The first-order valence-corrected chi connectivity index (χ1v) is 10.1. The number of rotatable bonds is 4. The van der Waals surface area contributed by atoms with Gasteiger partial charge in [0.25, 0.3) is 11.8 Å². The standard InChI is InChI=1S/C24H24N4O2/c1-16-12-13-28(15-16)24(30)19-10-8-18(9-11-19)21-14-25-17(2)22(27-21)23(29)26-20-6-4-3-5-7-20/h3-11,14,16H,12-13,15H2,1-2H3,(H,26,29). The molecule has 6 heteroatoms. The van der Waals surface area contributed by atoms with Crippen molar-refractivity contribution in [3.05, 3.63) is 77.7 Å². The molecule has 2 aromatic carbocycles. The van der Waals surface area contributed by atoms with Gasteiger partial charge < -0.3 is 10.2 Å². The molecule has 3 aromatic rings. The fourth-order valence-corrected chi connectivity index (χ4v) is 3.60. The summed E-state index contributed by atoms with van der Waals surface area (Å²) in [5, 5.41) is 2.84. The van der Waals surface area contributed by atoms with Crippen molar-refractivity contribution in [3.8, 4) is 11.3 Å². The fourth-order valence-electron chi connectivity index (χ4n) is 3.60. The van der Waals surface area contributed by atoms with E-state index in [1.807, 2.05) is 59.5 Å². The van der Waals surface area contributed by atoms with E-state index in [1.165, 1.54) is 0 Å². The predicted octanol–water partition coefficient (Wildman–Crippen LogP) is 4.19. The highest BCUT2D eigenvalue weighted by molar-refractivity contribution is 6.03. The zero-order valence-electron chi connectivity index (χ0n) is 17.1. The third-order valence-electron chi connectivity index (χ3n) is 5.34. The van der Waals surface area contributed by atoms with Gasteiger partial charge in [0.05, 0.1) is 17.6 Å². The van der Waals surface area contributed by atoms with E-state index < -0.39 is 0 Å². The summed E-state index contributed by atoms with van der Waals surface area (Å²) in [5.41, 5.74) is 3.60. The molecule has 0 radical (unpaired) electrons. The molecule has 1 atom stereocenters. The third-order valence-corrected chi connectivity index (χ3v) is 5.34. The molecule has 0 saturated carbocycles. The lowest BCUT2D eigenvalue weighted by atomic mass is 10.1. The van der Waals surface area contributed by atoms with Gasteiger partial charge in [-0.1, -0.05) is 37.3 Å². The maximum Gasteiger partial charge on any atom is 0.276 e. The van der Waals surface area contributed by atoms with Gasteiger partial charge in [-0.3, -0.25) is 14.6 Å². The van der Waals surface area contributed by atoms with Crippen LogP contribution in [-0.2, 0) is 0 Å². The first kappa shape index (κ1) is 19.8. The number of hydrogen-bond donors (Lipinski definition) is 1. The normalized spacial score (nSPS) is 15.8. The molecule has 30 heavy (non-hydrogen) atoms. The van der Waals surface area contributed by atoms with Crippen LogP contribution in [0.25, 0.3) is 11.3 Å². The zero-order valence-corrected chi connectivity index (χ0v) is 17.1. The van der Waals surface area contributed by atoms with E-state index in [4.69, 9.17) is 0 Å². The number of benzene rings is 2. The molecule has 1 aliphatic heterocycles. The first-order valence-electron chi connectivity index (χ1n) is 10.1. The average Bonchev–Trinajstić information content (AvgIpc) is 3.20. The molecular formula is C24H24N4O2. The fraction of sp³-hybridized carbons (Fsp3) is 0.250. The SMILES string of the molecule is Cc1ncc(-c2ccc(C(=O)N3CCC(C)C3)cc2)nc1C(=O)Nc1ccccc1. The zero-order chi connectivity index (χ0) is 21.1. The Kier molecular flexibility index (Phi) is 5.57. The van der Waals surface area contributed by atoms with Crippen LogP contribution in [-0.4, -0.2) is 39.8 Å². The summed E-state index contributed by atoms with van der Waals surface area (Å²) in [6, 6.07) is 16.6. The number of nitrogens with zero attached hydrogens (tertiary/aromatic N) is 3. The molecule has 1 aromatic heterocycles. The Morgan fingerprint density at radius 2 is 1.80 bits per heavy atom. The van der Waals surface area contributed by atoms with Gasteiger partial charge in [-0.25, -0.2) is 4.98 Å². The number of likely N-dealkylation sites (tertiary alicyclic amines) is 1. The number of para-hydroxylation sites is 1. The van der Waals surface area contributed by atoms with Crippen molar-refractivity contribution in [2.75, 3.05) is 18.4 Å². The summed E-state index contributed by atoms with van der Waals surface area (Å²) in [7, 11) is 0. The number of anilines is 1. The molecule has 2 amide bonds. The molecule has 1 N–H and O–H groups in total. The van der Waals surface area contributed by atoms with Gasteiger partial charge in [0.15, 0.2) is 0 Å². The van der Waals surface area contributed by atoms with Crippen molar-refractivity contribution in [2.24, 2.45) is 5.92 Å². The highest BCUT2D eigenvalue weighted by Crippen LogP contribution is 2.22. The van der Waals surface area contributed by atoms with Crippen molar-refractivity contribution in [1.82, 2.24) is 14.9 Å². The summed E-state index contributed by atoms with van der Waals surface area (Å²) < 4.78 is 0. The largest absolute Gasteiger partial charge is 0.338 e. The summed E-state index contributed by atoms with van der Waals surface area (Å²) in [5.74, 6) is 0.309. The van der Waals surface area contributed by atoms with Crippen LogP contribution >= 0.6 is 0 Å². The van der Waals surface area contributed by atoms with Gasteiger partial charge in [-0.15, -0.1) is 0 Å². The summed E-state index contributed by atoms with van der Waals surface area (Å²) in [6.45, 7) is 5.54. The van der Waals surface area contributed by atoms with E-state index in [0.29, 0.717) is 28.6 Å². The molecule has 0 bridgehead atoms. The number of carbonyl (C=O) groups is 2. The van der Waals surface area contributed by atoms with Gasteiger partial charge in [-0.05, 0) is 43.5 Å². The minimum absolute atomic E-state index is 0.0591. The quantitative estimate of drug-likeness (QED) is 0.713. The van der Waals surface area contributed by atoms with Crippen LogP contribution in [0, 0.1) is 12.8 Å². The molecule has 4 rings (SSSR count). The summed E-state index contributed by atoms with van der Waals surface area (Å²) in [4.78, 5) is 36.1. The number of nitrogens with one attached hydrogen (secondary N) is 1. The topological polar surface area (TPSA) is 75.2 Å². The lowest BCUT2D eigenvalue weighted by Crippen LogP contribution is -2.28. The second-order valence-electron chi connectivity index (χ2n) is 7.73. The monoisotopic (exact) mass is 400 g/mol. The molecule has 1 unspecified atom stereocenters. The first-order chi connectivity index (χ1) is 14.5.